The fourth-order valence-electron chi connectivity index (χ4n) is 6.28. The van der Waals surface area contributed by atoms with Crippen molar-refractivity contribution in [1.82, 2.24) is 21.3 Å². The molecule has 0 bridgehead atoms. The van der Waals surface area contributed by atoms with Gasteiger partial charge in [-0.15, -0.1) is 0 Å². The molecule has 0 aromatic rings. The van der Waals surface area contributed by atoms with E-state index < -0.39 is 57.2 Å². The standard InChI is InChI=1S/C42H78N4O10/c1-15-41(13,56-26-24-44-31(47)21-20-30(34(50)51)45-35(52)39(9,10)28-40(11,12)36(53)54)22-25-55-42(14,16-2)27-32(48)43-23-18-17-19-29(46-38(6,7)8)33(49)37(3,4)5/h29-30,46H,15-28H2,1-14H3,(H,43,48)(H,44,47)(H,45,52)(H,50,51)(H,53,54)/t29-,30-,41?,42?/m0/s1. The van der Waals surface area contributed by atoms with Gasteiger partial charge in [-0.05, 0) is 99.8 Å². The number of carboxylic acids is 2. The number of carboxylic acid groups (broad SMARTS) is 2. The van der Waals surface area contributed by atoms with Crippen molar-refractivity contribution in [3.8, 4) is 0 Å². The maximum atomic E-state index is 13.0. The average molecular weight is 799 g/mol. The molecular weight excluding hydrogens is 720 g/mol. The normalized spacial score (nSPS) is 15.8. The summed E-state index contributed by atoms with van der Waals surface area (Å²) in [6.07, 6.45) is 4.07. The summed E-state index contributed by atoms with van der Waals surface area (Å²) in [5, 5.41) is 30.8. The zero-order valence-electron chi connectivity index (χ0n) is 37.2. The minimum Gasteiger partial charge on any atom is -0.481 e. The van der Waals surface area contributed by atoms with Gasteiger partial charge in [-0.3, -0.25) is 24.0 Å². The lowest BCUT2D eigenvalue weighted by molar-refractivity contribution is -0.151. The van der Waals surface area contributed by atoms with Gasteiger partial charge in [0.05, 0.1) is 42.3 Å². The second-order valence-electron chi connectivity index (χ2n) is 19.1. The summed E-state index contributed by atoms with van der Waals surface area (Å²) in [5.74, 6) is -3.24. The fraction of sp³-hybridized carbons (Fsp3) is 0.857. The van der Waals surface area contributed by atoms with Crippen LogP contribution in [0.5, 0.6) is 0 Å². The third-order valence-corrected chi connectivity index (χ3v) is 10.2. The molecule has 4 atom stereocenters. The highest BCUT2D eigenvalue weighted by atomic mass is 16.5. The molecule has 56 heavy (non-hydrogen) atoms. The molecule has 0 spiro atoms. The molecule has 0 aliphatic rings. The molecular formula is C42H78N4O10. The van der Waals surface area contributed by atoms with E-state index in [0.717, 1.165) is 12.8 Å². The highest BCUT2D eigenvalue weighted by Gasteiger charge is 2.40. The van der Waals surface area contributed by atoms with Gasteiger partial charge in [0, 0.05) is 35.9 Å². The smallest absolute Gasteiger partial charge is 0.326 e. The van der Waals surface area contributed by atoms with Gasteiger partial charge >= 0.3 is 11.9 Å². The number of aliphatic carboxylic acids is 2. The number of nitrogens with one attached hydrogen (secondary N) is 4. The van der Waals surface area contributed by atoms with Gasteiger partial charge in [-0.25, -0.2) is 4.79 Å². The molecule has 326 valence electrons. The Morgan fingerprint density at radius 2 is 1.20 bits per heavy atom. The number of hydrogen-bond donors (Lipinski definition) is 6. The Hall–Kier alpha value is -3.10. The topological polar surface area (TPSA) is 209 Å². The van der Waals surface area contributed by atoms with Crippen LogP contribution in [0.2, 0.25) is 0 Å². The quantitative estimate of drug-likeness (QED) is 0.0522. The van der Waals surface area contributed by atoms with Gasteiger partial charge in [0.1, 0.15) is 6.04 Å². The third-order valence-electron chi connectivity index (χ3n) is 10.2. The Kier molecular flexibility index (Phi) is 21.5. The van der Waals surface area contributed by atoms with Crippen molar-refractivity contribution in [3.63, 3.8) is 0 Å². The zero-order chi connectivity index (χ0) is 43.8. The molecule has 0 fully saturated rings. The number of hydrogen-bond acceptors (Lipinski definition) is 9. The van der Waals surface area contributed by atoms with Crippen LogP contribution >= 0.6 is 0 Å². The fourth-order valence-corrected chi connectivity index (χ4v) is 6.28. The lowest BCUT2D eigenvalue weighted by atomic mass is 9.74. The largest absolute Gasteiger partial charge is 0.481 e. The maximum absolute atomic E-state index is 13.0. The highest BCUT2D eigenvalue weighted by Crippen LogP contribution is 2.34. The molecule has 0 saturated carbocycles. The first-order valence-corrected chi connectivity index (χ1v) is 20.3. The van der Waals surface area contributed by atoms with Crippen molar-refractivity contribution < 1.29 is 48.5 Å². The summed E-state index contributed by atoms with van der Waals surface area (Å²) < 4.78 is 12.4. The molecule has 0 aliphatic heterocycles. The number of rotatable bonds is 28. The highest BCUT2D eigenvalue weighted by molar-refractivity contribution is 5.89. The van der Waals surface area contributed by atoms with Crippen LogP contribution in [0, 0.1) is 16.2 Å². The molecule has 0 saturated heterocycles. The second-order valence-corrected chi connectivity index (χ2v) is 19.1. The van der Waals surface area contributed by atoms with Crippen LogP contribution in [0.15, 0.2) is 0 Å². The van der Waals surface area contributed by atoms with E-state index in [1.165, 1.54) is 13.8 Å². The number of carbonyl (C=O) groups is 6. The van der Waals surface area contributed by atoms with E-state index >= 15 is 0 Å². The summed E-state index contributed by atoms with van der Waals surface area (Å²) in [5.41, 5.74) is -4.17. The van der Waals surface area contributed by atoms with Crippen LogP contribution in [0.25, 0.3) is 0 Å². The molecule has 0 aliphatic carbocycles. The zero-order valence-corrected chi connectivity index (χ0v) is 37.2. The lowest BCUT2D eigenvalue weighted by Crippen LogP contribution is -2.50. The van der Waals surface area contributed by atoms with Crippen molar-refractivity contribution in [2.45, 2.75) is 190 Å². The first-order chi connectivity index (χ1) is 25.4. The Labute approximate surface area is 337 Å². The van der Waals surface area contributed by atoms with Crippen molar-refractivity contribution in [3.05, 3.63) is 0 Å². The van der Waals surface area contributed by atoms with E-state index in [9.17, 15) is 39.0 Å². The van der Waals surface area contributed by atoms with Crippen LogP contribution in [0.1, 0.15) is 161 Å². The van der Waals surface area contributed by atoms with Crippen molar-refractivity contribution in [2.24, 2.45) is 16.2 Å². The van der Waals surface area contributed by atoms with Crippen LogP contribution in [0.3, 0.4) is 0 Å². The predicted octanol–water partition coefficient (Wildman–Crippen LogP) is 5.79. The molecule has 14 nitrogen and oxygen atoms in total. The Balaban J connectivity index is 4.79. The van der Waals surface area contributed by atoms with Gasteiger partial charge < -0.3 is 41.0 Å². The molecule has 3 amide bonds. The molecule has 0 heterocycles. The summed E-state index contributed by atoms with van der Waals surface area (Å²) in [6, 6.07) is -1.55. The summed E-state index contributed by atoms with van der Waals surface area (Å²) in [6.45, 7) is 27.3. The van der Waals surface area contributed by atoms with Crippen LogP contribution in [-0.4, -0.2) is 101 Å². The van der Waals surface area contributed by atoms with Gasteiger partial charge in [-0.1, -0.05) is 48.5 Å². The van der Waals surface area contributed by atoms with Crippen molar-refractivity contribution in [1.29, 1.82) is 0 Å². The van der Waals surface area contributed by atoms with Crippen LogP contribution in [-0.2, 0) is 38.2 Å². The van der Waals surface area contributed by atoms with Gasteiger partial charge in [0.15, 0.2) is 5.78 Å². The number of amides is 3. The van der Waals surface area contributed by atoms with E-state index in [1.54, 1.807) is 13.8 Å². The van der Waals surface area contributed by atoms with Gasteiger partial charge in [0.2, 0.25) is 17.7 Å². The molecule has 0 radical (unpaired) electrons. The van der Waals surface area contributed by atoms with Crippen LogP contribution < -0.4 is 21.3 Å². The SMILES string of the molecule is CCC(C)(CCOC(C)(CC)CC(=O)NCCCC[C@H](NC(C)(C)C)C(=O)C(C)(C)C)OCCNC(=O)CC[C@H](NC(=O)C(C)(C)CC(C)(C)C(=O)O)C(=O)O. The predicted molar refractivity (Wildman–Crippen MR) is 218 cm³/mol. The van der Waals surface area contributed by atoms with Crippen LogP contribution in [0.4, 0.5) is 0 Å². The Morgan fingerprint density at radius 3 is 1.70 bits per heavy atom. The minimum absolute atomic E-state index is 0.00632. The first kappa shape index (κ1) is 52.9. The maximum Gasteiger partial charge on any atom is 0.326 e. The van der Waals surface area contributed by atoms with Gasteiger partial charge in [-0.2, -0.15) is 0 Å². The van der Waals surface area contributed by atoms with E-state index in [0.29, 0.717) is 38.8 Å². The molecule has 2 unspecified atom stereocenters. The minimum atomic E-state index is -1.31. The number of Topliss-reactive ketones (excluding diaryl/α,β-unsaturated/α-hetero) is 1. The summed E-state index contributed by atoms with van der Waals surface area (Å²) in [7, 11) is 0. The third kappa shape index (κ3) is 20.9. The second kappa shape index (κ2) is 22.7. The monoisotopic (exact) mass is 799 g/mol. The van der Waals surface area contributed by atoms with E-state index in [-0.39, 0.29) is 62.1 Å². The number of ketones is 1. The van der Waals surface area contributed by atoms with Crippen molar-refractivity contribution >= 4 is 35.4 Å². The molecule has 14 heteroatoms. The van der Waals surface area contributed by atoms with E-state index in [4.69, 9.17) is 9.47 Å². The van der Waals surface area contributed by atoms with E-state index in [2.05, 4.69) is 42.0 Å². The number of ether oxygens (including phenoxy) is 2. The summed E-state index contributed by atoms with van der Waals surface area (Å²) >= 11 is 0. The molecule has 0 rings (SSSR count). The first-order valence-electron chi connectivity index (χ1n) is 20.3. The molecule has 6 N–H and O–H groups in total. The Morgan fingerprint density at radius 1 is 0.643 bits per heavy atom. The van der Waals surface area contributed by atoms with Gasteiger partial charge in [0.25, 0.3) is 0 Å². The number of unbranched alkanes of at least 4 members (excludes halogenated alkanes) is 1. The lowest BCUT2D eigenvalue weighted by Gasteiger charge is -2.33. The summed E-state index contributed by atoms with van der Waals surface area (Å²) in [4.78, 5) is 74.7. The average Bonchev–Trinajstić information content (AvgIpc) is 3.05. The Bertz CT molecular complexity index is 1300. The number of carbonyl (C=O) groups excluding carboxylic acids is 4. The molecule has 0 aromatic carbocycles. The van der Waals surface area contributed by atoms with Crippen molar-refractivity contribution in [2.75, 3.05) is 26.3 Å². The molecule has 0 aromatic heterocycles. The van der Waals surface area contributed by atoms with E-state index in [1.807, 2.05) is 48.5 Å².